The highest BCUT2D eigenvalue weighted by molar-refractivity contribution is 6.29. The Morgan fingerprint density at radius 2 is 1.41 bits per heavy atom. The van der Waals surface area contributed by atoms with Crippen molar-refractivity contribution in [3.05, 3.63) is 84.2 Å². The topological polar surface area (TPSA) is 189 Å². The molecule has 0 saturated carbocycles. The second kappa shape index (κ2) is 10.1. The van der Waals surface area contributed by atoms with Gasteiger partial charge in [0.05, 0.1) is 24.8 Å². The molecule has 0 spiro atoms. The van der Waals surface area contributed by atoms with Crippen molar-refractivity contribution in [3.63, 3.8) is 0 Å². The fourth-order valence-electron chi connectivity index (χ4n) is 3.59. The van der Waals surface area contributed by atoms with Gasteiger partial charge in [-0.15, -0.1) is 10.2 Å². The molecule has 0 aliphatic heterocycles. The average molecular weight is 543 g/mol. The zero-order chi connectivity index (χ0) is 26.8. The summed E-state index contributed by atoms with van der Waals surface area (Å²) in [5.41, 5.74) is 13.6. The van der Waals surface area contributed by atoms with E-state index in [1.54, 1.807) is 55.1 Å². The van der Waals surface area contributed by atoms with Gasteiger partial charge in [0.1, 0.15) is 11.0 Å². The van der Waals surface area contributed by atoms with Crippen LogP contribution in [0.5, 0.6) is 0 Å². The first kappa shape index (κ1) is 23.9. The van der Waals surface area contributed by atoms with Crippen LogP contribution in [0.15, 0.2) is 82.2 Å². The van der Waals surface area contributed by atoms with Gasteiger partial charge in [-0.2, -0.15) is 14.0 Å². The van der Waals surface area contributed by atoms with Crippen LogP contribution in [-0.2, 0) is 6.54 Å². The third-order valence-electron chi connectivity index (χ3n) is 5.33. The molecule has 0 bridgehead atoms. The molecule has 0 fully saturated rings. The van der Waals surface area contributed by atoms with E-state index in [0.717, 1.165) is 5.69 Å². The third kappa shape index (κ3) is 5.03. The number of rotatable bonds is 5. The zero-order valence-corrected chi connectivity index (χ0v) is 20.8. The molecule has 5 N–H and O–H groups in total. The second-order valence-electron chi connectivity index (χ2n) is 7.98. The molecule has 0 atom stereocenters. The van der Waals surface area contributed by atoms with Gasteiger partial charge in [-0.1, -0.05) is 17.7 Å². The van der Waals surface area contributed by atoms with Crippen LogP contribution in [0.4, 0.5) is 17.7 Å². The number of nitrogen functional groups attached to an aromatic ring is 2. The maximum Gasteiger partial charge on any atom is 0.225 e. The summed E-state index contributed by atoms with van der Waals surface area (Å²) in [7, 11) is 0. The van der Waals surface area contributed by atoms with Gasteiger partial charge in [-0.25, -0.2) is 15.0 Å². The van der Waals surface area contributed by atoms with Crippen molar-refractivity contribution in [3.8, 4) is 23.2 Å². The number of aromatic nitrogens is 9. The monoisotopic (exact) mass is 542 g/mol. The fourth-order valence-corrected chi connectivity index (χ4v) is 3.77. The number of nitrogens with zero attached hydrogens (tertiary/aromatic N) is 9. The Bertz CT molecular complexity index is 1850. The van der Waals surface area contributed by atoms with E-state index in [1.165, 1.54) is 9.03 Å². The summed E-state index contributed by atoms with van der Waals surface area (Å²) in [4.78, 5) is 21.0. The second-order valence-corrected chi connectivity index (χ2v) is 8.36. The Morgan fingerprint density at radius 1 is 0.769 bits per heavy atom. The fraction of sp³-hybridized carbons (Fsp3) is 0.0417. The largest absolute Gasteiger partial charge is 0.461 e. The minimum absolute atomic E-state index is 0.188. The Morgan fingerprint density at radius 3 is 2.00 bits per heavy atom. The normalized spacial score (nSPS) is 11.0. The molecule has 14 nitrogen and oxygen atoms in total. The molecule has 0 aliphatic carbocycles. The molecule has 0 radical (unpaired) electrons. The smallest absolute Gasteiger partial charge is 0.225 e. The summed E-state index contributed by atoms with van der Waals surface area (Å²) in [6, 6.07) is 16.2. The van der Waals surface area contributed by atoms with E-state index >= 15 is 0 Å². The number of fused-ring (bicyclic) bond motifs is 2. The van der Waals surface area contributed by atoms with Crippen molar-refractivity contribution in [2.45, 2.75) is 6.54 Å². The van der Waals surface area contributed by atoms with E-state index in [2.05, 4.69) is 40.4 Å². The molecule has 0 aromatic carbocycles. The molecule has 7 aromatic rings. The van der Waals surface area contributed by atoms with Crippen molar-refractivity contribution in [2.24, 2.45) is 0 Å². The van der Waals surface area contributed by atoms with Crippen LogP contribution in [0.2, 0.25) is 5.15 Å². The minimum atomic E-state index is 0.188. The molecular formula is C24H19ClN12O2. The summed E-state index contributed by atoms with van der Waals surface area (Å²) in [6.07, 6.45) is 4.87. The van der Waals surface area contributed by atoms with Crippen molar-refractivity contribution in [1.29, 1.82) is 0 Å². The van der Waals surface area contributed by atoms with Gasteiger partial charge < -0.3 is 25.6 Å². The van der Waals surface area contributed by atoms with E-state index in [1.807, 2.05) is 18.2 Å². The van der Waals surface area contributed by atoms with Crippen LogP contribution in [-0.4, -0.2) is 44.1 Å². The van der Waals surface area contributed by atoms with Gasteiger partial charge in [0, 0.05) is 18.3 Å². The van der Waals surface area contributed by atoms with E-state index < -0.39 is 0 Å². The summed E-state index contributed by atoms with van der Waals surface area (Å²) in [6.45, 7) is 0.544. The first-order chi connectivity index (χ1) is 19.0. The van der Waals surface area contributed by atoms with Crippen molar-refractivity contribution in [2.75, 3.05) is 16.8 Å². The maximum atomic E-state index is 5.96. The Labute approximate surface area is 224 Å². The van der Waals surface area contributed by atoms with E-state index in [0.29, 0.717) is 46.8 Å². The summed E-state index contributed by atoms with van der Waals surface area (Å²) >= 11 is 5.76. The van der Waals surface area contributed by atoms with Gasteiger partial charge in [0.2, 0.25) is 23.5 Å². The molecule has 15 heteroatoms. The van der Waals surface area contributed by atoms with E-state index in [4.69, 9.17) is 31.9 Å². The lowest BCUT2D eigenvalue weighted by Gasteiger charge is -2.06. The summed E-state index contributed by atoms with van der Waals surface area (Å²) < 4.78 is 13.4. The van der Waals surface area contributed by atoms with Crippen LogP contribution in [0.1, 0.15) is 5.69 Å². The van der Waals surface area contributed by atoms with Crippen LogP contribution < -0.4 is 16.8 Å². The van der Waals surface area contributed by atoms with Crippen LogP contribution in [0.25, 0.3) is 34.5 Å². The number of hydrogen-bond donors (Lipinski definition) is 3. The van der Waals surface area contributed by atoms with Crippen molar-refractivity contribution in [1.82, 2.24) is 44.1 Å². The van der Waals surface area contributed by atoms with Crippen molar-refractivity contribution >= 4 is 40.6 Å². The van der Waals surface area contributed by atoms with Gasteiger partial charge in [-0.05, 0) is 36.4 Å². The standard InChI is InChI=1S/C15H13N7O.C9H6ClN5O/c16-15-19-12(18-9-10-4-1-2-6-17-10)8-13-20-14(21-22(13)15)11-5-3-7-23-11;10-6-4-7-13-8(5-2-1-3-16-5)14-15(7)9(11)12-6/h1-8,18H,9H2,(H2,16,19);1-4H,(H2,11,12). The minimum Gasteiger partial charge on any atom is -0.461 e. The highest BCUT2D eigenvalue weighted by Crippen LogP contribution is 2.20. The first-order valence-corrected chi connectivity index (χ1v) is 11.8. The Kier molecular flexibility index (Phi) is 6.18. The summed E-state index contributed by atoms with van der Waals surface area (Å²) in [5.74, 6) is 3.10. The Balaban J connectivity index is 0.000000151. The number of pyridine rings is 1. The predicted molar refractivity (Wildman–Crippen MR) is 142 cm³/mol. The first-order valence-electron chi connectivity index (χ1n) is 11.5. The number of halogens is 1. The van der Waals surface area contributed by atoms with Gasteiger partial charge in [0.15, 0.2) is 22.8 Å². The Hall–Kier alpha value is -5.50. The molecule has 7 rings (SSSR count). The average Bonchev–Trinajstić information content (AvgIpc) is 3.73. The van der Waals surface area contributed by atoms with E-state index in [-0.39, 0.29) is 17.0 Å². The molecule has 0 aliphatic rings. The van der Waals surface area contributed by atoms with Crippen molar-refractivity contribution < 1.29 is 8.83 Å². The third-order valence-corrected chi connectivity index (χ3v) is 5.52. The number of anilines is 3. The summed E-state index contributed by atoms with van der Waals surface area (Å²) in [5, 5.41) is 11.9. The number of furan rings is 2. The van der Waals surface area contributed by atoms with Gasteiger partial charge >= 0.3 is 0 Å². The SMILES string of the molecule is Nc1nc(Cl)cc2nc(-c3ccco3)nn12.Nc1nc(NCc2ccccn2)cc2nc(-c3ccco3)nn12. The molecular weight excluding hydrogens is 524 g/mol. The lowest BCUT2D eigenvalue weighted by atomic mass is 10.3. The number of nitrogens with two attached hydrogens (primary N) is 2. The molecule has 7 aromatic heterocycles. The highest BCUT2D eigenvalue weighted by Gasteiger charge is 2.13. The maximum absolute atomic E-state index is 5.96. The molecule has 7 heterocycles. The number of hydrogen-bond acceptors (Lipinski definition) is 12. The van der Waals surface area contributed by atoms with Gasteiger partial charge in [-0.3, -0.25) is 4.98 Å². The van der Waals surface area contributed by atoms with Crippen LogP contribution >= 0.6 is 11.6 Å². The van der Waals surface area contributed by atoms with Gasteiger partial charge in [0.25, 0.3) is 0 Å². The molecule has 39 heavy (non-hydrogen) atoms. The predicted octanol–water partition coefficient (Wildman–Crippen LogP) is 3.59. The lowest BCUT2D eigenvalue weighted by Crippen LogP contribution is -2.07. The molecule has 194 valence electrons. The lowest BCUT2D eigenvalue weighted by molar-refractivity contribution is 0.577. The van der Waals surface area contributed by atoms with Crippen LogP contribution in [0.3, 0.4) is 0 Å². The highest BCUT2D eigenvalue weighted by atomic mass is 35.5. The molecule has 0 amide bonds. The van der Waals surface area contributed by atoms with E-state index in [9.17, 15) is 0 Å². The number of nitrogens with one attached hydrogen (secondary N) is 1. The molecule has 0 unspecified atom stereocenters. The molecule has 0 saturated heterocycles. The zero-order valence-electron chi connectivity index (χ0n) is 20.0. The van der Waals surface area contributed by atoms with Crippen LogP contribution in [0, 0.1) is 0 Å². The quantitative estimate of drug-likeness (QED) is 0.268.